The first-order chi connectivity index (χ1) is 12.5. The Hall–Kier alpha value is -2.76. The summed E-state index contributed by atoms with van der Waals surface area (Å²) in [5.41, 5.74) is 4.81. The van der Waals surface area contributed by atoms with Gasteiger partial charge in [0.1, 0.15) is 5.75 Å². The van der Waals surface area contributed by atoms with E-state index >= 15 is 0 Å². The van der Waals surface area contributed by atoms with Gasteiger partial charge in [-0.2, -0.15) is 0 Å². The van der Waals surface area contributed by atoms with Crippen molar-refractivity contribution in [3.05, 3.63) is 76.3 Å². The van der Waals surface area contributed by atoms with E-state index in [1.54, 1.807) is 6.07 Å². The van der Waals surface area contributed by atoms with E-state index in [1.165, 1.54) is 18.2 Å². The first kappa shape index (κ1) is 18.0. The molecule has 0 fully saturated rings. The lowest BCUT2D eigenvalue weighted by Gasteiger charge is -2.11. The van der Waals surface area contributed by atoms with Crippen LogP contribution in [0.4, 0.5) is 0 Å². The van der Waals surface area contributed by atoms with Crippen LogP contribution < -0.4 is 15.6 Å². The molecule has 0 bridgehead atoms. The van der Waals surface area contributed by atoms with E-state index in [-0.39, 0.29) is 12.2 Å². The quantitative estimate of drug-likeness (QED) is 0.664. The van der Waals surface area contributed by atoms with Crippen molar-refractivity contribution < 1.29 is 14.3 Å². The SMILES string of the molecule is O=C(COc1cccc2ccccc12)NNC(=O)c1cc(Cl)cc(Cl)c1. The van der Waals surface area contributed by atoms with Crippen molar-refractivity contribution in [3.8, 4) is 5.75 Å². The average molecular weight is 389 g/mol. The number of nitrogens with one attached hydrogen (secondary N) is 2. The maximum atomic E-state index is 12.0. The lowest BCUT2D eigenvalue weighted by atomic mass is 10.1. The molecule has 0 radical (unpaired) electrons. The minimum absolute atomic E-state index is 0.234. The number of hydrazine groups is 1. The van der Waals surface area contributed by atoms with Gasteiger partial charge in [-0.25, -0.2) is 0 Å². The standard InChI is InChI=1S/C19H14Cl2N2O3/c20-14-8-13(9-15(21)10-14)19(25)23-22-18(24)11-26-17-7-3-5-12-4-1-2-6-16(12)17/h1-10H,11H2,(H,22,24)(H,23,25). The number of benzene rings is 3. The molecule has 2 N–H and O–H groups in total. The number of fused-ring (bicyclic) bond motifs is 1. The van der Waals surface area contributed by atoms with E-state index < -0.39 is 11.8 Å². The summed E-state index contributed by atoms with van der Waals surface area (Å²) >= 11 is 11.7. The second-order valence-electron chi connectivity index (χ2n) is 5.43. The molecule has 0 saturated heterocycles. The number of ether oxygens (including phenoxy) is 1. The molecule has 0 spiro atoms. The molecule has 0 aromatic heterocycles. The van der Waals surface area contributed by atoms with Crippen LogP contribution in [0.5, 0.6) is 5.75 Å². The lowest BCUT2D eigenvalue weighted by Crippen LogP contribution is -2.43. The molecule has 0 heterocycles. The van der Waals surface area contributed by atoms with Crippen LogP contribution in [0.2, 0.25) is 10.0 Å². The van der Waals surface area contributed by atoms with Gasteiger partial charge in [-0.15, -0.1) is 0 Å². The third kappa shape index (κ3) is 4.45. The zero-order valence-corrected chi connectivity index (χ0v) is 15.0. The molecular weight excluding hydrogens is 375 g/mol. The summed E-state index contributed by atoms with van der Waals surface area (Å²) in [5.74, 6) is -0.446. The van der Waals surface area contributed by atoms with Crippen LogP contribution >= 0.6 is 23.2 Å². The predicted octanol–water partition coefficient (Wildman–Crippen LogP) is 3.99. The molecule has 0 unspecified atom stereocenters. The van der Waals surface area contributed by atoms with Crippen molar-refractivity contribution in [2.24, 2.45) is 0 Å². The topological polar surface area (TPSA) is 67.4 Å². The summed E-state index contributed by atoms with van der Waals surface area (Å²) < 4.78 is 5.55. The van der Waals surface area contributed by atoms with Crippen LogP contribution in [-0.4, -0.2) is 18.4 Å². The Morgan fingerprint density at radius 1 is 0.885 bits per heavy atom. The molecule has 0 atom stereocenters. The first-order valence-electron chi connectivity index (χ1n) is 7.69. The highest BCUT2D eigenvalue weighted by atomic mass is 35.5. The number of amides is 2. The summed E-state index contributed by atoms with van der Waals surface area (Å²) in [6, 6.07) is 17.7. The Morgan fingerprint density at radius 2 is 1.58 bits per heavy atom. The fourth-order valence-electron chi connectivity index (χ4n) is 2.38. The number of carbonyl (C=O) groups excluding carboxylic acids is 2. The summed E-state index contributed by atoms with van der Waals surface area (Å²) in [4.78, 5) is 23.9. The van der Waals surface area contributed by atoms with Crippen molar-refractivity contribution in [1.29, 1.82) is 0 Å². The Bertz CT molecular complexity index is 950. The highest BCUT2D eigenvalue weighted by Gasteiger charge is 2.10. The van der Waals surface area contributed by atoms with Gasteiger partial charge in [0.2, 0.25) is 0 Å². The van der Waals surface area contributed by atoms with Gasteiger partial charge in [0, 0.05) is 21.0 Å². The molecule has 0 aliphatic carbocycles. The molecule has 26 heavy (non-hydrogen) atoms. The van der Waals surface area contributed by atoms with Gasteiger partial charge < -0.3 is 4.74 Å². The van der Waals surface area contributed by atoms with Crippen molar-refractivity contribution in [2.75, 3.05) is 6.61 Å². The number of hydrogen-bond donors (Lipinski definition) is 2. The second-order valence-corrected chi connectivity index (χ2v) is 6.30. The smallest absolute Gasteiger partial charge is 0.276 e. The van der Waals surface area contributed by atoms with Crippen LogP contribution in [0.15, 0.2) is 60.7 Å². The minimum Gasteiger partial charge on any atom is -0.483 e. The number of rotatable bonds is 4. The van der Waals surface area contributed by atoms with E-state index in [1.807, 2.05) is 36.4 Å². The van der Waals surface area contributed by atoms with Gasteiger partial charge in [-0.3, -0.25) is 20.4 Å². The zero-order chi connectivity index (χ0) is 18.5. The summed E-state index contributed by atoms with van der Waals surface area (Å²) in [6.07, 6.45) is 0. The van der Waals surface area contributed by atoms with E-state index in [4.69, 9.17) is 27.9 Å². The summed E-state index contributed by atoms with van der Waals surface area (Å²) in [5, 5.41) is 2.57. The summed E-state index contributed by atoms with van der Waals surface area (Å²) in [7, 11) is 0. The zero-order valence-electron chi connectivity index (χ0n) is 13.5. The highest BCUT2D eigenvalue weighted by molar-refractivity contribution is 6.35. The Morgan fingerprint density at radius 3 is 2.35 bits per heavy atom. The monoisotopic (exact) mass is 388 g/mol. The van der Waals surface area contributed by atoms with Crippen molar-refractivity contribution in [1.82, 2.24) is 10.9 Å². The van der Waals surface area contributed by atoms with E-state index in [9.17, 15) is 9.59 Å². The number of halogens is 2. The second kappa shape index (κ2) is 8.08. The average Bonchev–Trinajstić information content (AvgIpc) is 2.63. The van der Waals surface area contributed by atoms with Crippen molar-refractivity contribution in [2.45, 2.75) is 0 Å². The van der Waals surface area contributed by atoms with Crippen LogP contribution in [0.1, 0.15) is 10.4 Å². The van der Waals surface area contributed by atoms with E-state index in [2.05, 4.69) is 10.9 Å². The normalized spacial score (nSPS) is 10.4. The Balaban J connectivity index is 1.56. The van der Waals surface area contributed by atoms with Gasteiger partial charge in [0.15, 0.2) is 6.61 Å². The fourth-order valence-corrected chi connectivity index (χ4v) is 2.91. The molecule has 7 heteroatoms. The molecule has 3 aromatic carbocycles. The molecule has 3 rings (SSSR count). The molecule has 0 saturated carbocycles. The van der Waals surface area contributed by atoms with Gasteiger partial charge in [-0.1, -0.05) is 59.6 Å². The lowest BCUT2D eigenvalue weighted by molar-refractivity contribution is -0.123. The van der Waals surface area contributed by atoms with E-state index in [0.717, 1.165) is 10.8 Å². The molecule has 0 aliphatic heterocycles. The third-order valence-electron chi connectivity index (χ3n) is 3.55. The van der Waals surface area contributed by atoms with Crippen molar-refractivity contribution in [3.63, 3.8) is 0 Å². The molecule has 132 valence electrons. The van der Waals surface area contributed by atoms with Gasteiger partial charge >= 0.3 is 0 Å². The predicted molar refractivity (Wildman–Crippen MR) is 102 cm³/mol. The largest absolute Gasteiger partial charge is 0.483 e. The number of hydrogen-bond acceptors (Lipinski definition) is 3. The van der Waals surface area contributed by atoms with Crippen LogP contribution in [0.25, 0.3) is 10.8 Å². The summed E-state index contributed by atoms with van der Waals surface area (Å²) in [6.45, 7) is -0.245. The minimum atomic E-state index is -0.534. The molecule has 5 nitrogen and oxygen atoms in total. The van der Waals surface area contributed by atoms with Crippen LogP contribution in [0, 0.1) is 0 Å². The maximum absolute atomic E-state index is 12.0. The highest BCUT2D eigenvalue weighted by Crippen LogP contribution is 2.25. The van der Waals surface area contributed by atoms with Gasteiger partial charge in [-0.05, 0) is 29.7 Å². The van der Waals surface area contributed by atoms with E-state index in [0.29, 0.717) is 15.8 Å². The third-order valence-corrected chi connectivity index (χ3v) is 3.99. The Labute approximate surface area is 159 Å². The maximum Gasteiger partial charge on any atom is 0.276 e. The van der Waals surface area contributed by atoms with Gasteiger partial charge in [0.05, 0.1) is 0 Å². The molecule has 2 amide bonds. The van der Waals surface area contributed by atoms with Crippen molar-refractivity contribution >= 4 is 45.8 Å². The van der Waals surface area contributed by atoms with Crippen LogP contribution in [-0.2, 0) is 4.79 Å². The molecular formula is C19H14Cl2N2O3. The molecule has 3 aromatic rings. The van der Waals surface area contributed by atoms with Crippen LogP contribution in [0.3, 0.4) is 0 Å². The van der Waals surface area contributed by atoms with Gasteiger partial charge in [0.25, 0.3) is 11.8 Å². The fraction of sp³-hybridized carbons (Fsp3) is 0.0526. The Kier molecular flexibility index (Phi) is 5.61. The number of carbonyl (C=O) groups is 2. The first-order valence-corrected chi connectivity index (χ1v) is 8.44. The molecule has 0 aliphatic rings.